The van der Waals surface area contributed by atoms with Gasteiger partial charge in [-0.25, -0.2) is 0 Å². The summed E-state index contributed by atoms with van der Waals surface area (Å²) in [7, 11) is 1.64. The number of anilines is 1. The minimum absolute atomic E-state index is 0.561. The van der Waals surface area contributed by atoms with Gasteiger partial charge in [-0.1, -0.05) is 29.3 Å². The normalized spacial score (nSPS) is 10.3. The summed E-state index contributed by atoms with van der Waals surface area (Å²) >= 11 is 15.4. The first-order valence-electron chi connectivity index (χ1n) is 5.61. The van der Waals surface area contributed by atoms with Crippen molar-refractivity contribution in [1.82, 2.24) is 0 Å². The van der Waals surface area contributed by atoms with Crippen molar-refractivity contribution in [3.63, 3.8) is 0 Å². The topological polar surface area (TPSA) is 21.3 Å². The van der Waals surface area contributed by atoms with Crippen molar-refractivity contribution in [2.24, 2.45) is 0 Å². The summed E-state index contributed by atoms with van der Waals surface area (Å²) in [6.07, 6.45) is 0. The van der Waals surface area contributed by atoms with Crippen LogP contribution in [0.4, 0.5) is 5.69 Å². The molecule has 0 aromatic heterocycles. The van der Waals surface area contributed by atoms with Crippen LogP contribution in [-0.4, -0.2) is 7.11 Å². The van der Waals surface area contributed by atoms with Crippen molar-refractivity contribution in [3.05, 3.63) is 56.5 Å². The zero-order valence-corrected chi connectivity index (χ0v) is 13.3. The van der Waals surface area contributed by atoms with Gasteiger partial charge in [0.25, 0.3) is 0 Å². The molecule has 2 nitrogen and oxygen atoms in total. The fourth-order valence-electron chi connectivity index (χ4n) is 1.61. The lowest BCUT2D eigenvalue weighted by molar-refractivity contribution is 0.415. The Balaban J connectivity index is 2.11. The SMILES string of the molecule is COc1ccc(Br)c(NCc2ccc(Cl)c(Cl)c2)c1. The number of methoxy groups -OCH3 is 1. The minimum atomic E-state index is 0.561. The van der Waals surface area contributed by atoms with Gasteiger partial charge < -0.3 is 10.1 Å². The molecule has 5 heteroatoms. The highest BCUT2D eigenvalue weighted by Crippen LogP contribution is 2.28. The molecular weight excluding hydrogens is 349 g/mol. The van der Waals surface area contributed by atoms with Crippen LogP contribution < -0.4 is 10.1 Å². The van der Waals surface area contributed by atoms with E-state index in [0.29, 0.717) is 16.6 Å². The molecule has 0 amide bonds. The zero-order chi connectivity index (χ0) is 13.8. The summed E-state index contributed by atoms with van der Waals surface area (Å²) in [5, 5.41) is 4.45. The van der Waals surface area contributed by atoms with Crippen molar-refractivity contribution < 1.29 is 4.74 Å². The molecule has 0 aliphatic carbocycles. The summed E-state index contributed by atoms with van der Waals surface area (Å²) in [4.78, 5) is 0. The van der Waals surface area contributed by atoms with Gasteiger partial charge in [-0.2, -0.15) is 0 Å². The third-order valence-electron chi connectivity index (χ3n) is 2.64. The van der Waals surface area contributed by atoms with Crippen molar-refractivity contribution in [2.75, 3.05) is 12.4 Å². The predicted octanol–water partition coefficient (Wildman–Crippen LogP) is 5.38. The second-order valence-electron chi connectivity index (χ2n) is 3.95. The van der Waals surface area contributed by atoms with Gasteiger partial charge in [-0.15, -0.1) is 0 Å². The Morgan fingerprint density at radius 2 is 1.89 bits per heavy atom. The highest BCUT2D eigenvalue weighted by atomic mass is 79.9. The quantitative estimate of drug-likeness (QED) is 0.790. The van der Waals surface area contributed by atoms with Crippen molar-refractivity contribution in [2.45, 2.75) is 6.54 Å². The first-order valence-corrected chi connectivity index (χ1v) is 7.16. The highest BCUT2D eigenvalue weighted by Gasteiger charge is 2.03. The van der Waals surface area contributed by atoms with E-state index in [1.807, 2.05) is 30.3 Å². The standard InChI is InChI=1S/C14H12BrCl2NO/c1-19-10-3-4-11(15)14(7-10)18-8-9-2-5-12(16)13(17)6-9/h2-7,18H,8H2,1H3. The number of ether oxygens (including phenoxy) is 1. The number of halogens is 3. The summed E-state index contributed by atoms with van der Waals surface area (Å²) in [6, 6.07) is 11.4. The van der Waals surface area contributed by atoms with Crippen LogP contribution in [0.15, 0.2) is 40.9 Å². The lowest BCUT2D eigenvalue weighted by Crippen LogP contribution is -2.00. The number of rotatable bonds is 4. The van der Waals surface area contributed by atoms with E-state index in [4.69, 9.17) is 27.9 Å². The Kier molecular flexibility index (Phi) is 4.97. The van der Waals surface area contributed by atoms with E-state index in [9.17, 15) is 0 Å². The highest BCUT2D eigenvalue weighted by molar-refractivity contribution is 9.10. The number of nitrogens with one attached hydrogen (secondary N) is 1. The Hall–Kier alpha value is -0.900. The summed E-state index contributed by atoms with van der Waals surface area (Å²) in [6.45, 7) is 0.655. The largest absolute Gasteiger partial charge is 0.497 e. The van der Waals surface area contributed by atoms with Crippen molar-refractivity contribution in [3.8, 4) is 5.75 Å². The van der Waals surface area contributed by atoms with Gasteiger partial charge in [0.05, 0.1) is 22.8 Å². The van der Waals surface area contributed by atoms with Gasteiger partial charge in [0.15, 0.2) is 0 Å². The van der Waals surface area contributed by atoms with E-state index in [1.165, 1.54) is 0 Å². The Morgan fingerprint density at radius 1 is 1.11 bits per heavy atom. The van der Waals surface area contributed by atoms with Gasteiger partial charge in [0.2, 0.25) is 0 Å². The molecule has 2 aromatic carbocycles. The average Bonchev–Trinajstić information content (AvgIpc) is 2.41. The molecule has 0 radical (unpaired) electrons. The molecule has 0 aliphatic rings. The Bertz CT molecular complexity index is 590. The minimum Gasteiger partial charge on any atom is -0.497 e. The monoisotopic (exact) mass is 359 g/mol. The average molecular weight is 361 g/mol. The van der Waals surface area contributed by atoms with E-state index in [0.717, 1.165) is 21.5 Å². The molecule has 2 rings (SSSR count). The summed E-state index contributed by atoms with van der Waals surface area (Å²) < 4.78 is 6.18. The molecule has 0 aliphatic heterocycles. The van der Waals surface area contributed by atoms with Crippen LogP contribution >= 0.6 is 39.1 Å². The third-order valence-corrected chi connectivity index (χ3v) is 4.07. The summed E-state index contributed by atoms with van der Waals surface area (Å²) in [5.41, 5.74) is 2.02. The molecule has 2 aromatic rings. The second-order valence-corrected chi connectivity index (χ2v) is 5.62. The fraction of sp³-hybridized carbons (Fsp3) is 0.143. The van der Waals surface area contributed by atoms with Crippen LogP contribution in [-0.2, 0) is 6.54 Å². The predicted molar refractivity (Wildman–Crippen MR) is 84.5 cm³/mol. The van der Waals surface area contributed by atoms with E-state index >= 15 is 0 Å². The molecule has 0 unspecified atom stereocenters. The van der Waals surface area contributed by atoms with E-state index < -0.39 is 0 Å². The maximum absolute atomic E-state index is 5.99. The van der Waals surface area contributed by atoms with E-state index in [-0.39, 0.29) is 0 Å². The van der Waals surface area contributed by atoms with Gasteiger partial charge in [0, 0.05) is 17.1 Å². The first kappa shape index (κ1) is 14.5. The fourth-order valence-corrected chi connectivity index (χ4v) is 2.32. The molecule has 100 valence electrons. The zero-order valence-electron chi connectivity index (χ0n) is 10.2. The summed E-state index contributed by atoms with van der Waals surface area (Å²) in [5.74, 6) is 0.805. The third kappa shape index (κ3) is 3.78. The molecule has 0 fully saturated rings. The smallest absolute Gasteiger partial charge is 0.121 e. The van der Waals surface area contributed by atoms with Gasteiger partial charge in [-0.3, -0.25) is 0 Å². The first-order chi connectivity index (χ1) is 9.10. The molecule has 0 spiro atoms. The maximum Gasteiger partial charge on any atom is 0.121 e. The second kappa shape index (κ2) is 6.51. The molecule has 0 saturated carbocycles. The van der Waals surface area contributed by atoms with Crippen LogP contribution in [0.5, 0.6) is 5.75 Å². The molecule has 1 N–H and O–H groups in total. The Morgan fingerprint density at radius 3 is 2.58 bits per heavy atom. The van der Waals surface area contributed by atoms with Crippen LogP contribution in [0.1, 0.15) is 5.56 Å². The van der Waals surface area contributed by atoms with Gasteiger partial charge >= 0.3 is 0 Å². The number of hydrogen-bond acceptors (Lipinski definition) is 2. The molecule has 0 heterocycles. The molecule has 0 atom stereocenters. The van der Waals surface area contributed by atoms with Crippen molar-refractivity contribution in [1.29, 1.82) is 0 Å². The van der Waals surface area contributed by atoms with Gasteiger partial charge in [-0.05, 0) is 45.8 Å². The molecule has 19 heavy (non-hydrogen) atoms. The van der Waals surface area contributed by atoms with E-state index in [1.54, 1.807) is 13.2 Å². The van der Waals surface area contributed by atoms with Crippen LogP contribution in [0.3, 0.4) is 0 Å². The molecule has 0 bridgehead atoms. The number of hydrogen-bond donors (Lipinski definition) is 1. The Labute approximate surface area is 130 Å². The van der Waals surface area contributed by atoms with Crippen molar-refractivity contribution >= 4 is 44.8 Å². The van der Waals surface area contributed by atoms with Crippen LogP contribution in [0.2, 0.25) is 10.0 Å². The van der Waals surface area contributed by atoms with E-state index in [2.05, 4.69) is 21.2 Å². The van der Waals surface area contributed by atoms with Crippen LogP contribution in [0.25, 0.3) is 0 Å². The lowest BCUT2D eigenvalue weighted by atomic mass is 10.2. The number of benzene rings is 2. The molecule has 0 saturated heterocycles. The lowest BCUT2D eigenvalue weighted by Gasteiger charge is -2.11. The molecular formula is C14H12BrCl2NO. The van der Waals surface area contributed by atoms with Gasteiger partial charge in [0.1, 0.15) is 5.75 Å². The maximum atomic E-state index is 5.99. The van der Waals surface area contributed by atoms with Crippen LogP contribution in [0, 0.1) is 0 Å².